The first-order valence-corrected chi connectivity index (χ1v) is 8.44. The molecule has 0 radical (unpaired) electrons. The van der Waals surface area contributed by atoms with Gasteiger partial charge in [0.25, 0.3) is 5.89 Å². The van der Waals surface area contributed by atoms with Crippen LogP contribution in [-0.4, -0.2) is 22.6 Å². The molecule has 138 valence electrons. The number of hydrogen-bond donors (Lipinski definition) is 2. The molecular weight excluding hydrogens is 363 g/mol. The third kappa shape index (κ3) is 4.71. The quantitative estimate of drug-likeness (QED) is 0.755. The lowest BCUT2D eigenvalue weighted by Gasteiger charge is -2.29. The summed E-state index contributed by atoms with van der Waals surface area (Å²) in [5.41, 5.74) is 6.03. The molecule has 0 aliphatic carbocycles. The molecule has 2 aromatic rings. The van der Waals surface area contributed by atoms with E-state index in [4.69, 9.17) is 21.9 Å². The maximum absolute atomic E-state index is 12.6. The minimum atomic E-state index is -0.559. The van der Waals surface area contributed by atoms with E-state index in [9.17, 15) is 4.79 Å². The summed E-state index contributed by atoms with van der Waals surface area (Å²) in [7, 11) is 0. The van der Waals surface area contributed by atoms with Gasteiger partial charge in [-0.3, -0.25) is 4.79 Å². The molecule has 0 bridgehead atoms. The van der Waals surface area contributed by atoms with Crippen LogP contribution in [0.1, 0.15) is 45.5 Å². The van der Waals surface area contributed by atoms with Crippen molar-refractivity contribution in [2.75, 3.05) is 6.54 Å². The highest BCUT2D eigenvalue weighted by Gasteiger charge is 2.34. The van der Waals surface area contributed by atoms with E-state index in [0.717, 1.165) is 5.56 Å². The number of rotatable bonds is 7. The molecule has 1 aromatic carbocycles. The lowest BCUT2D eigenvalue weighted by molar-refractivity contribution is -0.131. The number of carbonyl (C=O) groups is 1. The summed E-state index contributed by atoms with van der Waals surface area (Å²) < 4.78 is 5.28. The largest absolute Gasteiger partial charge is 0.346 e. The maximum atomic E-state index is 12.6. The van der Waals surface area contributed by atoms with Crippen LogP contribution in [0.4, 0.5) is 0 Å². The summed E-state index contributed by atoms with van der Waals surface area (Å²) in [4.78, 5) is 16.9. The van der Waals surface area contributed by atoms with Crippen molar-refractivity contribution in [1.82, 2.24) is 15.5 Å². The van der Waals surface area contributed by atoms with Crippen molar-refractivity contribution in [3.05, 3.63) is 35.1 Å². The number of nitrogens with zero attached hydrogens (tertiary/aromatic N) is 2. The molecule has 1 amide bonds. The van der Waals surface area contributed by atoms with Gasteiger partial charge in [0.2, 0.25) is 5.91 Å². The van der Waals surface area contributed by atoms with Crippen LogP contribution in [-0.2, 0) is 4.79 Å². The Balaban J connectivity index is 0.00000312. The van der Waals surface area contributed by atoms with Crippen molar-refractivity contribution < 1.29 is 9.32 Å². The van der Waals surface area contributed by atoms with E-state index in [2.05, 4.69) is 15.5 Å². The van der Waals surface area contributed by atoms with Crippen LogP contribution in [0.2, 0.25) is 5.02 Å². The predicted octanol–water partition coefficient (Wildman–Crippen LogP) is 3.75. The second-order valence-corrected chi connectivity index (χ2v) is 6.29. The molecule has 2 rings (SSSR count). The topological polar surface area (TPSA) is 94.0 Å². The summed E-state index contributed by atoms with van der Waals surface area (Å²) in [6.07, 6.45) is 1.36. The van der Waals surface area contributed by atoms with Gasteiger partial charge in [0.1, 0.15) is 0 Å². The SMILES string of the molecule is CCC(CC)(CN)C(=O)NC(C)c1noc(-c2ccc(Cl)cc2)n1.Cl. The Morgan fingerprint density at radius 3 is 2.44 bits per heavy atom. The fourth-order valence-corrected chi connectivity index (χ4v) is 2.61. The van der Waals surface area contributed by atoms with Gasteiger partial charge in [-0.05, 0) is 44.0 Å². The summed E-state index contributed by atoms with van der Waals surface area (Å²) in [6.45, 7) is 6.06. The van der Waals surface area contributed by atoms with Crippen LogP contribution in [0.15, 0.2) is 28.8 Å². The summed E-state index contributed by atoms with van der Waals surface area (Å²) in [5.74, 6) is 0.727. The average Bonchev–Trinajstić information content (AvgIpc) is 3.08. The summed E-state index contributed by atoms with van der Waals surface area (Å²) in [6, 6.07) is 6.74. The first-order chi connectivity index (χ1) is 11.5. The van der Waals surface area contributed by atoms with Crippen LogP contribution in [0.3, 0.4) is 0 Å². The Hall–Kier alpha value is -1.63. The molecule has 6 nitrogen and oxygen atoms in total. The maximum Gasteiger partial charge on any atom is 0.257 e. The molecule has 1 atom stereocenters. The monoisotopic (exact) mass is 386 g/mol. The minimum Gasteiger partial charge on any atom is -0.346 e. The average molecular weight is 387 g/mol. The van der Waals surface area contributed by atoms with Crippen LogP contribution in [0.25, 0.3) is 11.5 Å². The van der Waals surface area contributed by atoms with Gasteiger partial charge in [-0.15, -0.1) is 12.4 Å². The summed E-state index contributed by atoms with van der Waals surface area (Å²) >= 11 is 5.87. The van der Waals surface area contributed by atoms with Gasteiger partial charge in [0.15, 0.2) is 5.82 Å². The number of carbonyl (C=O) groups excluding carboxylic acids is 1. The molecule has 0 fully saturated rings. The molecule has 1 unspecified atom stereocenters. The van der Waals surface area contributed by atoms with Gasteiger partial charge >= 0.3 is 0 Å². The Morgan fingerprint density at radius 1 is 1.32 bits per heavy atom. The second kappa shape index (κ2) is 9.17. The molecule has 0 saturated heterocycles. The molecule has 1 heterocycles. The number of hydrogen-bond acceptors (Lipinski definition) is 5. The van der Waals surface area contributed by atoms with Gasteiger partial charge < -0.3 is 15.6 Å². The van der Waals surface area contributed by atoms with E-state index >= 15 is 0 Å². The molecule has 1 aromatic heterocycles. The minimum absolute atomic E-state index is 0. The van der Waals surface area contributed by atoms with E-state index in [1.54, 1.807) is 24.3 Å². The highest BCUT2D eigenvalue weighted by molar-refractivity contribution is 6.30. The van der Waals surface area contributed by atoms with Crippen LogP contribution in [0.5, 0.6) is 0 Å². The lowest BCUT2D eigenvalue weighted by atomic mass is 9.81. The highest BCUT2D eigenvalue weighted by atomic mass is 35.5. The third-order valence-corrected chi connectivity index (χ3v) is 4.75. The highest BCUT2D eigenvalue weighted by Crippen LogP contribution is 2.27. The van der Waals surface area contributed by atoms with E-state index in [1.807, 2.05) is 20.8 Å². The zero-order chi connectivity index (χ0) is 17.7. The van der Waals surface area contributed by atoms with E-state index in [-0.39, 0.29) is 24.4 Å². The molecule has 0 spiro atoms. The first kappa shape index (κ1) is 21.4. The van der Waals surface area contributed by atoms with Gasteiger partial charge in [-0.1, -0.05) is 30.6 Å². The number of nitrogens with one attached hydrogen (secondary N) is 1. The number of nitrogens with two attached hydrogens (primary N) is 1. The molecule has 8 heteroatoms. The van der Waals surface area contributed by atoms with E-state index in [0.29, 0.717) is 36.1 Å². The zero-order valence-corrected chi connectivity index (χ0v) is 16.2. The fourth-order valence-electron chi connectivity index (χ4n) is 2.49. The number of aromatic nitrogens is 2. The van der Waals surface area contributed by atoms with Crippen molar-refractivity contribution in [3.63, 3.8) is 0 Å². The predicted molar refractivity (Wildman–Crippen MR) is 101 cm³/mol. The van der Waals surface area contributed by atoms with Crippen molar-refractivity contribution in [2.24, 2.45) is 11.1 Å². The lowest BCUT2D eigenvalue weighted by Crippen LogP contribution is -2.46. The Bertz CT molecular complexity index is 676. The van der Waals surface area contributed by atoms with Gasteiger partial charge in [-0.2, -0.15) is 4.98 Å². The van der Waals surface area contributed by atoms with Crippen molar-refractivity contribution in [2.45, 2.75) is 39.7 Å². The molecule has 25 heavy (non-hydrogen) atoms. The number of benzene rings is 1. The van der Waals surface area contributed by atoms with Crippen LogP contribution >= 0.6 is 24.0 Å². The Labute approximate surface area is 158 Å². The molecule has 0 saturated carbocycles. The first-order valence-electron chi connectivity index (χ1n) is 8.06. The Morgan fingerprint density at radius 2 is 1.92 bits per heavy atom. The molecule has 3 N–H and O–H groups in total. The number of halogens is 2. The van der Waals surface area contributed by atoms with Crippen LogP contribution in [0, 0.1) is 5.41 Å². The van der Waals surface area contributed by atoms with Crippen molar-refractivity contribution in [3.8, 4) is 11.5 Å². The van der Waals surface area contributed by atoms with Crippen LogP contribution < -0.4 is 11.1 Å². The fraction of sp³-hybridized carbons (Fsp3) is 0.471. The van der Waals surface area contributed by atoms with Gasteiger partial charge in [0, 0.05) is 17.1 Å². The summed E-state index contributed by atoms with van der Waals surface area (Å²) in [5, 5.41) is 7.54. The van der Waals surface area contributed by atoms with Crippen molar-refractivity contribution >= 4 is 29.9 Å². The molecule has 0 aliphatic rings. The Kier molecular flexibility index (Phi) is 7.86. The van der Waals surface area contributed by atoms with Crippen molar-refractivity contribution in [1.29, 1.82) is 0 Å². The second-order valence-electron chi connectivity index (χ2n) is 5.85. The zero-order valence-electron chi connectivity index (χ0n) is 14.6. The number of amides is 1. The molecular formula is C17H24Cl2N4O2. The van der Waals surface area contributed by atoms with Gasteiger partial charge in [0.05, 0.1) is 11.5 Å². The van der Waals surface area contributed by atoms with E-state index in [1.165, 1.54) is 0 Å². The third-order valence-electron chi connectivity index (χ3n) is 4.49. The standard InChI is InChI=1S/C17H23ClN4O2.ClH/c1-4-17(5-2,10-19)16(23)20-11(3)14-21-15(24-22-14)12-6-8-13(18)9-7-12;/h6-9,11H,4-5,10,19H2,1-3H3,(H,20,23);1H. The molecule has 0 aliphatic heterocycles. The normalized spacial score (nSPS) is 12.4. The van der Waals surface area contributed by atoms with E-state index < -0.39 is 5.41 Å². The van der Waals surface area contributed by atoms with Gasteiger partial charge in [-0.25, -0.2) is 0 Å². The smallest absolute Gasteiger partial charge is 0.257 e.